The molecule has 0 unspecified atom stereocenters. The predicted octanol–water partition coefficient (Wildman–Crippen LogP) is 1.65. The Morgan fingerprint density at radius 1 is 1.24 bits per heavy atom. The minimum absolute atomic E-state index is 0.0401. The second kappa shape index (κ2) is 7.34. The van der Waals surface area contributed by atoms with E-state index in [0.717, 1.165) is 31.6 Å². The average molecular weight is 263 g/mol. The normalized spacial score (nSPS) is 26.0. The number of aliphatic hydroxyl groups excluding tert-OH is 1. The maximum absolute atomic E-state index is 11.6. The van der Waals surface area contributed by atoms with Gasteiger partial charge in [0.2, 0.25) is 10.0 Å². The molecular weight excluding hydrogens is 238 g/mol. The summed E-state index contributed by atoms with van der Waals surface area (Å²) < 4.78 is 26.0. The smallest absolute Gasteiger partial charge is 0.211 e. The number of hydrogen-bond acceptors (Lipinski definition) is 3. The summed E-state index contributed by atoms with van der Waals surface area (Å²) in [7, 11) is -3.18. The van der Waals surface area contributed by atoms with Crippen LogP contribution < -0.4 is 4.72 Å². The summed E-state index contributed by atoms with van der Waals surface area (Å²) in [6.45, 7) is 2.13. The average Bonchev–Trinajstić information content (AvgIpc) is 2.29. The van der Waals surface area contributed by atoms with Crippen LogP contribution in [-0.2, 0) is 10.0 Å². The lowest BCUT2D eigenvalue weighted by molar-refractivity contribution is 0.291. The van der Waals surface area contributed by atoms with Crippen LogP contribution >= 0.6 is 0 Å². The zero-order valence-corrected chi connectivity index (χ0v) is 11.5. The zero-order valence-electron chi connectivity index (χ0n) is 10.7. The Bertz CT molecular complexity index is 295. The van der Waals surface area contributed by atoms with Gasteiger partial charge in [-0.1, -0.05) is 19.8 Å². The summed E-state index contributed by atoms with van der Waals surface area (Å²) in [5.74, 6) is 0.830. The van der Waals surface area contributed by atoms with E-state index in [1.54, 1.807) is 0 Å². The van der Waals surface area contributed by atoms with Crippen LogP contribution in [0.3, 0.4) is 0 Å². The molecule has 0 saturated heterocycles. The Balaban J connectivity index is 2.30. The molecule has 0 bridgehead atoms. The van der Waals surface area contributed by atoms with Crippen molar-refractivity contribution in [1.82, 2.24) is 4.72 Å². The minimum atomic E-state index is -3.18. The highest BCUT2D eigenvalue weighted by Crippen LogP contribution is 2.27. The van der Waals surface area contributed by atoms with Crippen LogP contribution in [0.1, 0.15) is 51.9 Å². The SMILES string of the molecule is CCCC1CCC(NS(=O)(=O)CCCO)CC1. The van der Waals surface area contributed by atoms with Gasteiger partial charge in [-0.15, -0.1) is 0 Å². The number of hydrogen-bond donors (Lipinski definition) is 2. The summed E-state index contributed by atoms with van der Waals surface area (Å²) >= 11 is 0. The monoisotopic (exact) mass is 263 g/mol. The zero-order chi connectivity index (χ0) is 12.7. The van der Waals surface area contributed by atoms with E-state index in [2.05, 4.69) is 11.6 Å². The number of aliphatic hydroxyl groups is 1. The third-order valence-electron chi connectivity index (χ3n) is 3.46. The van der Waals surface area contributed by atoms with Gasteiger partial charge in [-0.05, 0) is 38.0 Å². The van der Waals surface area contributed by atoms with E-state index in [9.17, 15) is 8.42 Å². The predicted molar refractivity (Wildman–Crippen MR) is 69.3 cm³/mol. The summed E-state index contributed by atoms with van der Waals surface area (Å²) in [4.78, 5) is 0. The molecule has 1 saturated carbocycles. The second-order valence-electron chi connectivity index (χ2n) is 5.02. The first-order valence-corrected chi connectivity index (χ1v) is 8.33. The Morgan fingerprint density at radius 2 is 1.88 bits per heavy atom. The molecule has 0 spiro atoms. The van der Waals surface area contributed by atoms with E-state index < -0.39 is 10.0 Å². The molecule has 0 radical (unpaired) electrons. The first-order valence-electron chi connectivity index (χ1n) is 6.68. The molecule has 0 aliphatic heterocycles. The molecule has 0 amide bonds. The first-order chi connectivity index (χ1) is 8.07. The van der Waals surface area contributed by atoms with Crippen molar-refractivity contribution < 1.29 is 13.5 Å². The lowest BCUT2D eigenvalue weighted by Crippen LogP contribution is -2.39. The molecule has 1 aliphatic carbocycles. The molecular formula is C12H25NO3S. The fraction of sp³-hybridized carbons (Fsp3) is 1.00. The highest BCUT2D eigenvalue weighted by atomic mass is 32.2. The summed E-state index contributed by atoms with van der Waals surface area (Å²) in [5.41, 5.74) is 0. The van der Waals surface area contributed by atoms with Gasteiger partial charge in [-0.3, -0.25) is 0 Å². The fourth-order valence-electron chi connectivity index (χ4n) is 2.54. The lowest BCUT2D eigenvalue weighted by Gasteiger charge is -2.28. The molecule has 1 aliphatic rings. The van der Waals surface area contributed by atoms with Gasteiger partial charge in [0.25, 0.3) is 0 Å². The lowest BCUT2D eigenvalue weighted by atomic mass is 9.84. The molecule has 17 heavy (non-hydrogen) atoms. The van der Waals surface area contributed by atoms with Crippen LogP contribution in [0.4, 0.5) is 0 Å². The Morgan fingerprint density at radius 3 is 2.41 bits per heavy atom. The molecule has 0 aromatic carbocycles. The molecule has 0 aromatic rings. The quantitative estimate of drug-likeness (QED) is 0.734. The van der Waals surface area contributed by atoms with Crippen LogP contribution in [0.15, 0.2) is 0 Å². The second-order valence-corrected chi connectivity index (χ2v) is 6.89. The number of sulfonamides is 1. The van der Waals surface area contributed by atoms with Gasteiger partial charge in [0.1, 0.15) is 0 Å². The maximum atomic E-state index is 11.6. The van der Waals surface area contributed by atoms with Gasteiger partial charge in [0.15, 0.2) is 0 Å². The van der Waals surface area contributed by atoms with Crippen molar-refractivity contribution in [1.29, 1.82) is 0 Å². The van der Waals surface area contributed by atoms with E-state index in [0.29, 0.717) is 6.42 Å². The highest BCUT2D eigenvalue weighted by molar-refractivity contribution is 7.89. The molecule has 1 rings (SSSR count). The van der Waals surface area contributed by atoms with Crippen molar-refractivity contribution in [3.05, 3.63) is 0 Å². The summed E-state index contributed by atoms with van der Waals surface area (Å²) in [6, 6.07) is 0.117. The van der Waals surface area contributed by atoms with Crippen LogP contribution in [0.25, 0.3) is 0 Å². The van der Waals surface area contributed by atoms with Crippen LogP contribution in [-0.4, -0.2) is 31.9 Å². The largest absolute Gasteiger partial charge is 0.396 e. The van der Waals surface area contributed by atoms with Gasteiger partial charge in [0, 0.05) is 12.6 Å². The van der Waals surface area contributed by atoms with Gasteiger partial charge >= 0.3 is 0 Å². The first kappa shape index (κ1) is 14.9. The third kappa shape index (κ3) is 5.84. The van der Waals surface area contributed by atoms with E-state index in [-0.39, 0.29) is 18.4 Å². The van der Waals surface area contributed by atoms with Crippen LogP contribution in [0, 0.1) is 5.92 Å². The van der Waals surface area contributed by atoms with Gasteiger partial charge in [0.05, 0.1) is 5.75 Å². The molecule has 0 atom stereocenters. The van der Waals surface area contributed by atoms with Crippen molar-refractivity contribution in [3.8, 4) is 0 Å². The van der Waals surface area contributed by atoms with Crippen molar-refractivity contribution >= 4 is 10.0 Å². The fourth-order valence-corrected chi connectivity index (χ4v) is 3.92. The van der Waals surface area contributed by atoms with Crippen molar-refractivity contribution in [2.45, 2.75) is 57.9 Å². The van der Waals surface area contributed by atoms with E-state index >= 15 is 0 Å². The van der Waals surface area contributed by atoms with E-state index in [1.165, 1.54) is 12.8 Å². The highest BCUT2D eigenvalue weighted by Gasteiger charge is 2.23. The van der Waals surface area contributed by atoms with Gasteiger partial charge in [-0.25, -0.2) is 13.1 Å². The topological polar surface area (TPSA) is 66.4 Å². The molecule has 2 N–H and O–H groups in total. The Labute approximate surface area is 105 Å². The third-order valence-corrected chi connectivity index (χ3v) is 4.98. The van der Waals surface area contributed by atoms with Crippen LogP contribution in [0.5, 0.6) is 0 Å². The van der Waals surface area contributed by atoms with Crippen molar-refractivity contribution in [3.63, 3.8) is 0 Å². The van der Waals surface area contributed by atoms with E-state index in [1.807, 2.05) is 0 Å². The van der Waals surface area contributed by atoms with Gasteiger partial charge < -0.3 is 5.11 Å². The maximum Gasteiger partial charge on any atom is 0.211 e. The number of rotatable bonds is 7. The van der Waals surface area contributed by atoms with Crippen molar-refractivity contribution in [2.24, 2.45) is 5.92 Å². The minimum Gasteiger partial charge on any atom is -0.396 e. The van der Waals surface area contributed by atoms with E-state index in [4.69, 9.17) is 5.11 Å². The molecule has 0 aromatic heterocycles. The summed E-state index contributed by atoms with van der Waals surface area (Å²) in [6.07, 6.45) is 7.01. The number of nitrogens with one attached hydrogen (secondary N) is 1. The molecule has 1 fully saturated rings. The van der Waals surface area contributed by atoms with Crippen molar-refractivity contribution in [2.75, 3.05) is 12.4 Å². The Kier molecular flexibility index (Phi) is 6.44. The molecule has 5 heteroatoms. The summed E-state index contributed by atoms with van der Waals surface area (Å²) in [5, 5.41) is 8.64. The Hall–Kier alpha value is -0.130. The standard InChI is InChI=1S/C12H25NO3S/c1-2-4-11-5-7-12(8-6-11)13-17(15,16)10-3-9-14/h11-14H,2-10H2,1H3. The van der Waals surface area contributed by atoms with Crippen LogP contribution in [0.2, 0.25) is 0 Å². The molecule has 102 valence electrons. The van der Waals surface area contributed by atoms with Gasteiger partial charge in [-0.2, -0.15) is 0 Å². The molecule has 0 heterocycles. The molecule has 4 nitrogen and oxygen atoms in total.